The highest BCUT2D eigenvalue weighted by Gasteiger charge is 2.10. The predicted octanol–water partition coefficient (Wildman–Crippen LogP) is 3.07. The molecule has 0 aliphatic rings. The maximum absolute atomic E-state index is 11.4. The quantitative estimate of drug-likeness (QED) is 0.797. The molecule has 16 heavy (non-hydrogen) atoms. The third kappa shape index (κ3) is 3.93. The van der Waals surface area contributed by atoms with Crippen LogP contribution in [0.15, 0.2) is 24.3 Å². The van der Waals surface area contributed by atoms with Crippen LogP contribution in [0, 0.1) is 0 Å². The molecule has 0 radical (unpaired) electrons. The van der Waals surface area contributed by atoms with E-state index >= 15 is 0 Å². The molecule has 1 N–H and O–H groups in total. The van der Waals surface area contributed by atoms with Gasteiger partial charge < -0.3 is 10.1 Å². The number of benzene rings is 1. The SMILES string of the molecule is CCOC(=O)c1ccc(NC(C)(C)C)cc1. The fraction of sp³-hybridized carbons (Fsp3) is 0.462. The van der Waals surface area contributed by atoms with Crippen molar-refractivity contribution in [2.75, 3.05) is 11.9 Å². The van der Waals surface area contributed by atoms with Gasteiger partial charge in [-0.05, 0) is 52.0 Å². The summed E-state index contributed by atoms with van der Waals surface area (Å²) in [4.78, 5) is 11.4. The summed E-state index contributed by atoms with van der Waals surface area (Å²) in [6, 6.07) is 7.31. The fourth-order valence-corrected chi connectivity index (χ4v) is 1.34. The monoisotopic (exact) mass is 221 g/mol. The second-order valence-corrected chi connectivity index (χ2v) is 4.67. The van der Waals surface area contributed by atoms with E-state index < -0.39 is 0 Å². The summed E-state index contributed by atoms with van der Waals surface area (Å²) < 4.78 is 4.91. The normalized spacial score (nSPS) is 11.0. The van der Waals surface area contributed by atoms with Gasteiger partial charge in [-0.3, -0.25) is 0 Å². The molecule has 0 fully saturated rings. The highest BCUT2D eigenvalue weighted by molar-refractivity contribution is 5.89. The van der Waals surface area contributed by atoms with Gasteiger partial charge in [-0.15, -0.1) is 0 Å². The number of nitrogens with one attached hydrogen (secondary N) is 1. The first-order valence-corrected chi connectivity index (χ1v) is 5.48. The molecule has 1 aromatic carbocycles. The van der Waals surface area contributed by atoms with E-state index in [0.29, 0.717) is 12.2 Å². The maximum atomic E-state index is 11.4. The topological polar surface area (TPSA) is 38.3 Å². The van der Waals surface area contributed by atoms with Crippen LogP contribution in [0.3, 0.4) is 0 Å². The average molecular weight is 221 g/mol. The summed E-state index contributed by atoms with van der Waals surface area (Å²) in [6.07, 6.45) is 0. The number of hydrogen-bond donors (Lipinski definition) is 1. The standard InChI is InChI=1S/C13H19NO2/c1-5-16-12(15)10-6-8-11(9-7-10)14-13(2,3)4/h6-9,14H,5H2,1-4H3. The third-order valence-corrected chi connectivity index (χ3v) is 1.92. The van der Waals surface area contributed by atoms with Crippen LogP contribution in [-0.2, 0) is 4.74 Å². The Labute approximate surface area is 96.8 Å². The Balaban J connectivity index is 2.72. The van der Waals surface area contributed by atoms with Gasteiger partial charge in [-0.25, -0.2) is 4.79 Å². The molecule has 0 unspecified atom stereocenters. The van der Waals surface area contributed by atoms with Crippen LogP contribution in [0.4, 0.5) is 5.69 Å². The number of carbonyl (C=O) groups is 1. The molecule has 0 saturated heterocycles. The molecule has 0 aliphatic carbocycles. The summed E-state index contributed by atoms with van der Waals surface area (Å²) in [6.45, 7) is 8.47. The number of rotatable bonds is 3. The highest BCUT2D eigenvalue weighted by atomic mass is 16.5. The summed E-state index contributed by atoms with van der Waals surface area (Å²) in [5.41, 5.74) is 1.60. The van der Waals surface area contributed by atoms with Gasteiger partial charge in [0, 0.05) is 11.2 Å². The van der Waals surface area contributed by atoms with Crippen LogP contribution in [0.2, 0.25) is 0 Å². The molecule has 0 atom stereocenters. The van der Waals surface area contributed by atoms with E-state index in [-0.39, 0.29) is 11.5 Å². The van der Waals surface area contributed by atoms with Crippen molar-refractivity contribution in [1.82, 2.24) is 0 Å². The van der Waals surface area contributed by atoms with E-state index in [1.807, 2.05) is 12.1 Å². The van der Waals surface area contributed by atoms with Gasteiger partial charge in [-0.2, -0.15) is 0 Å². The Morgan fingerprint density at radius 3 is 2.25 bits per heavy atom. The fourth-order valence-electron chi connectivity index (χ4n) is 1.34. The smallest absolute Gasteiger partial charge is 0.338 e. The van der Waals surface area contributed by atoms with Crippen molar-refractivity contribution in [2.45, 2.75) is 33.2 Å². The van der Waals surface area contributed by atoms with E-state index in [4.69, 9.17) is 4.74 Å². The van der Waals surface area contributed by atoms with Gasteiger partial charge >= 0.3 is 5.97 Å². The van der Waals surface area contributed by atoms with Crippen LogP contribution in [0.1, 0.15) is 38.1 Å². The lowest BCUT2D eigenvalue weighted by Gasteiger charge is -2.22. The summed E-state index contributed by atoms with van der Waals surface area (Å²) in [7, 11) is 0. The second kappa shape index (κ2) is 5.01. The molecule has 0 aromatic heterocycles. The van der Waals surface area contributed by atoms with E-state index in [1.54, 1.807) is 19.1 Å². The number of hydrogen-bond acceptors (Lipinski definition) is 3. The van der Waals surface area contributed by atoms with Crippen molar-refractivity contribution in [3.05, 3.63) is 29.8 Å². The molecule has 3 nitrogen and oxygen atoms in total. The molecule has 88 valence electrons. The summed E-state index contributed by atoms with van der Waals surface area (Å²) >= 11 is 0. The van der Waals surface area contributed by atoms with Crippen molar-refractivity contribution in [3.63, 3.8) is 0 Å². The lowest BCUT2D eigenvalue weighted by Crippen LogP contribution is -2.25. The van der Waals surface area contributed by atoms with E-state index in [0.717, 1.165) is 5.69 Å². The molecule has 0 heterocycles. The zero-order valence-corrected chi connectivity index (χ0v) is 10.3. The molecule has 0 aliphatic heterocycles. The largest absolute Gasteiger partial charge is 0.462 e. The van der Waals surface area contributed by atoms with Crippen molar-refractivity contribution in [1.29, 1.82) is 0 Å². The number of ether oxygens (including phenoxy) is 1. The minimum absolute atomic E-state index is 0.0193. The Morgan fingerprint density at radius 2 is 1.81 bits per heavy atom. The first kappa shape index (κ1) is 12.6. The van der Waals surface area contributed by atoms with Gasteiger partial charge in [-0.1, -0.05) is 0 Å². The third-order valence-electron chi connectivity index (χ3n) is 1.92. The molecule has 3 heteroatoms. The van der Waals surface area contributed by atoms with Crippen LogP contribution in [-0.4, -0.2) is 18.1 Å². The van der Waals surface area contributed by atoms with Crippen LogP contribution < -0.4 is 5.32 Å². The molecule has 0 amide bonds. The maximum Gasteiger partial charge on any atom is 0.338 e. The molecule has 1 rings (SSSR count). The zero-order valence-electron chi connectivity index (χ0n) is 10.3. The molecular formula is C13H19NO2. The lowest BCUT2D eigenvalue weighted by atomic mass is 10.1. The first-order chi connectivity index (χ1) is 7.42. The van der Waals surface area contributed by atoms with Crippen molar-refractivity contribution >= 4 is 11.7 Å². The van der Waals surface area contributed by atoms with Crippen molar-refractivity contribution in [3.8, 4) is 0 Å². The lowest BCUT2D eigenvalue weighted by molar-refractivity contribution is 0.0526. The molecule has 0 bridgehead atoms. The van der Waals surface area contributed by atoms with E-state index in [2.05, 4.69) is 26.1 Å². The van der Waals surface area contributed by atoms with E-state index in [1.165, 1.54) is 0 Å². The average Bonchev–Trinajstić information content (AvgIpc) is 2.16. The Kier molecular flexibility index (Phi) is 3.93. The minimum atomic E-state index is -0.273. The predicted molar refractivity (Wildman–Crippen MR) is 65.8 cm³/mol. The number of esters is 1. The van der Waals surface area contributed by atoms with Gasteiger partial charge in [0.1, 0.15) is 0 Å². The van der Waals surface area contributed by atoms with Gasteiger partial charge in [0.2, 0.25) is 0 Å². The second-order valence-electron chi connectivity index (χ2n) is 4.67. The van der Waals surface area contributed by atoms with Gasteiger partial charge in [0.05, 0.1) is 12.2 Å². The van der Waals surface area contributed by atoms with Crippen LogP contribution >= 0.6 is 0 Å². The van der Waals surface area contributed by atoms with Crippen LogP contribution in [0.5, 0.6) is 0 Å². The van der Waals surface area contributed by atoms with Crippen molar-refractivity contribution < 1.29 is 9.53 Å². The highest BCUT2D eigenvalue weighted by Crippen LogP contribution is 2.15. The molecular weight excluding hydrogens is 202 g/mol. The number of carbonyl (C=O) groups excluding carboxylic acids is 1. The number of anilines is 1. The summed E-state index contributed by atoms with van der Waals surface area (Å²) in [5, 5.41) is 3.33. The van der Waals surface area contributed by atoms with Crippen LogP contribution in [0.25, 0.3) is 0 Å². The first-order valence-electron chi connectivity index (χ1n) is 5.48. The Hall–Kier alpha value is -1.51. The molecule has 0 saturated carbocycles. The minimum Gasteiger partial charge on any atom is -0.462 e. The zero-order chi connectivity index (χ0) is 12.2. The van der Waals surface area contributed by atoms with Gasteiger partial charge in [0.15, 0.2) is 0 Å². The molecule has 0 spiro atoms. The van der Waals surface area contributed by atoms with Crippen molar-refractivity contribution in [2.24, 2.45) is 0 Å². The summed E-state index contributed by atoms with van der Waals surface area (Å²) in [5.74, 6) is -0.273. The van der Waals surface area contributed by atoms with Gasteiger partial charge in [0.25, 0.3) is 0 Å². The van der Waals surface area contributed by atoms with E-state index in [9.17, 15) is 4.79 Å². The Morgan fingerprint density at radius 1 is 1.25 bits per heavy atom. The Bertz CT molecular complexity index is 349. The molecule has 1 aromatic rings.